The molecule has 2 atom stereocenters. The lowest BCUT2D eigenvalue weighted by molar-refractivity contribution is -0.760. The fourth-order valence-electron chi connectivity index (χ4n) is 1.29. The van der Waals surface area contributed by atoms with Gasteiger partial charge in [0, 0.05) is 0 Å². The van der Waals surface area contributed by atoms with Crippen LogP contribution in [0.25, 0.3) is 0 Å². The fraction of sp³-hybridized carbons (Fsp3) is 0.778. The number of nitrogens with one attached hydrogen (secondary N) is 1. The number of carbonyl (C=O) groups excluding carboxylic acids is 2. The van der Waals surface area contributed by atoms with Crippen LogP contribution < -0.4 is 4.90 Å². The van der Waals surface area contributed by atoms with Crippen molar-refractivity contribution in [2.45, 2.75) is 19.9 Å². The Morgan fingerprint density at radius 1 is 1.29 bits per heavy atom. The zero-order chi connectivity index (χ0) is 10.6. The van der Waals surface area contributed by atoms with E-state index in [2.05, 4.69) is 0 Å². The summed E-state index contributed by atoms with van der Waals surface area (Å²) in [5.41, 5.74) is 0. The van der Waals surface area contributed by atoms with Crippen LogP contribution in [0.4, 0.5) is 0 Å². The van der Waals surface area contributed by atoms with Crippen molar-refractivity contribution in [2.24, 2.45) is 0 Å². The van der Waals surface area contributed by atoms with Crippen molar-refractivity contribution < 1.29 is 24.0 Å². The minimum atomic E-state index is -0.255. The van der Waals surface area contributed by atoms with Gasteiger partial charge >= 0.3 is 11.9 Å². The molecular weight excluding hydrogens is 186 g/mol. The normalized spacial score (nSPS) is 24.1. The van der Waals surface area contributed by atoms with Crippen molar-refractivity contribution in [3.8, 4) is 0 Å². The van der Waals surface area contributed by atoms with Crippen LogP contribution in [0.5, 0.6) is 0 Å². The third-order valence-corrected chi connectivity index (χ3v) is 2.05. The van der Waals surface area contributed by atoms with Crippen LogP contribution in [-0.4, -0.2) is 44.3 Å². The Labute approximate surface area is 83.0 Å². The van der Waals surface area contributed by atoms with Crippen molar-refractivity contribution in [3.05, 3.63) is 0 Å². The molecule has 0 aliphatic carbocycles. The maximum absolute atomic E-state index is 11.2. The summed E-state index contributed by atoms with van der Waals surface area (Å²) in [6.45, 7) is 5.25. The lowest BCUT2D eigenvalue weighted by atomic mass is 10.5. The summed E-state index contributed by atoms with van der Waals surface area (Å²) >= 11 is 0. The molecule has 0 aromatic heterocycles. The molecule has 14 heavy (non-hydrogen) atoms. The number of rotatable bonds is 5. The van der Waals surface area contributed by atoms with Crippen LogP contribution in [0.1, 0.15) is 13.8 Å². The molecule has 1 N–H and O–H groups in total. The van der Waals surface area contributed by atoms with Crippen LogP contribution in [0, 0.1) is 0 Å². The maximum atomic E-state index is 11.2. The van der Waals surface area contributed by atoms with Crippen LogP contribution in [0.2, 0.25) is 0 Å². The van der Waals surface area contributed by atoms with Crippen molar-refractivity contribution in [3.63, 3.8) is 0 Å². The monoisotopic (exact) mass is 202 g/mol. The molecule has 1 aliphatic rings. The van der Waals surface area contributed by atoms with Crippen LogP contribution >= 0.6 is 0 Å². The van der Waals surface area contributed by atoms with E-state index in [1.165, 1.54) is 0 Å². The first-order valence-corrected chi connectivity index (χ1v) is 4.85. The Bertz CT molecular complexity index is 229. The first-order chi connectivity index (χ1) is 6.69. The van der Waals surface area contributed by atoms with Crippen LogP contribution in [0.15, 0.2) is 0 Å². The van der Waals surface area contributed by atoms with Gasteiger partial charge in [0.15, 0.2) is 6.54 Å². The van der Waals surface area contributed by atoms with E-state index in [0.717, 1.165) is 4.90 Å². The molecular formula is C9H16NO4+. The summed E-state index contributed by atoms with van der Waals surface area (Å²) < 4.78 is 9.59. The van der Waals surface area contributed by atoms with E-state index >= 15 is 0 Å². The third-order valence-electron chi connectivity index (χ3n) is 2.05. The SMILES string of the molecule is CCOC(=O)C[NH+]1C[C@@H]1C(=O)OCC. The van der Waals surface area contributed by atoms with Gasteiger partial charge in [0.05, 0.1) is 13.2 Å². The Morgan fingerprint density at radius 2 is 1.93 bits per heavy atom. The summed E-state index contributed by atoms with van der Waals surface area (Å²) in [6.07, 6.45) is 0. The van der Waals surface area contributed by atoms with Crippen molar-refractivity contribution >= 4 is 11.9 Å². The molecule has 0 aromatic rings. The quantitative estimate of drug-likeness (QED) is 0.430. The minimum Gasteiger partial charge on any atom is -0.462 e. The predicted octanol–water partition coefficient (Wildman–Crippen LogP) is -1.62. The zero-order valence-electron chi connectivity index (χ0n) is 8.54. The first kappa shape index (κ1) is 11.0. The van der Waals surface area contributed by atoms with E-state index in [9.17, 15) is 9.59 Å². The summed E-state index contributed by atoms with van der Waals surface area (Å²) in [7, 11) is 0. The van der Waals surface area contributed by atoms with Crippen molar-refractivity contribution in [1.29, 1.82) is 0 Å². The van der Waals surface area contributed by atoms with E-state index in [1.54, 1.807) is 13.8 Å². The number of carbonyl (C=O) groups is 2. The predicted molar refractivity (Wildman–Crippen MR) is 47.8 cm³/mol. The van der Waals surface area contributed by atoms with Gasteiger partial charge in [-0.25, -0.2) is 9.59 Å². The molecule has 1 aliphatic heterocycles. The summed E-state index contributed by atoms with van der Waals surface area (Å²) in [5.74, 6) is -0.471. The number of ether oxygens (including phenoxy) is 2. The molecule has 5 heteroatoms. The van der Waals surface area contributed by atoms with Gasteiger partial charge in [0.25, 0.3) is 0 Å². The highest BCUT2D eigenvalue weighted by molar-refractivity contribution is 5.77. The number of hydrogen-bond donors (Lipinski definition) is 1. The Kier molecular flexibility index (Phi) is 3.88. The van der Waals surface area contributed by atoms with E-state index in [0.29, 0.717) is 19.8 Å². The first-order valence-electron chi connectivity index (χ1n) is 4.85. The second kappa shape index (κ2) is 4.95. The van der Waals surface area contributed by atoms with Gasteiger partial charge in [-0.3, -0.25) is 0 Å². The van der Waals surface area contributed by atoms with E-state index in [1.807, 2.05) is 0 Å². The Balaban J connectivity index is 2.19. The topological polar surface area (TPSA) is 57.0 Å². The number of quaternary nitrogens is 1. The van der Waals surface area contributed by atoms with Crippen LogP contribution in [0.3, 0.4) is 0 Å². The Morgan fingerprint density at radius 3 is 2.50 bits per heavy atom. The van der Waals surface area contributed by atoms with Gasteiger partial charge in [-0.05, 0) is 13.8 Å². The smallest absolute Gasteiger partial charge is 0.371 e. The van der Waals surface area contributed by atoms with Crippen LogP contribution in [-0.2, 0) is 19.1 Å². The Hall–Kier alpha value is -1.10. The zero-order valence-corrected chi connectivity index (χ0v) is 8.54. The number of hydrogen-bond acceptors (Lipinski definition) is 4. The van der Waals surface area contributed by atoms with Gasteiger partial charge in [-0.1, -0.05) is 0 Å². The molecule has 0 bridgehead atoms. The van der Waals surface area contributed by atoms with Gasteiger partial charge in [-0.2, -0.15) is 0 Å². The molecule has 0 amide bonds. The molecule has 80 valence electrons. The minimum absolute atomic E-state index is 0.153. The number of esters is 2. The summed E-state index contributed by atoms with van der Waals surface area (Å²) in [4.78, 5) is 23.1. The fourth-order valence-corrected chi connectivity index (χ4v) is 1.29. The van der Waals surface area contributed by atoms with Crippen molar-refractivity contribution in [2.75, 3.05) is 26.3 Å². The molecule has 1 fully saturated rings. The molecule has 0 spiro atoms. The van der Waals surface area contributed by atoms with E-state index < -0.39 is 0 Å². The molecule has 0 aromatic carbocycles. The summed E-state index contributed by atoms with van der Waals surface area (Å²) in [6, 6.07) is -0.153. The average molecular weight is 202 g/mol. The standard InChI is InChI=1S/C9H15NO4/c1-3-13-8(11)6-10-5-7(10)9(12)14-4-2/h7H,3-6H2,1-2H3/p+1/t7-,10?/m1/s1. The highest BCUT2D eigenvalue weighted by atomic mass is 16.5. The van der Waals surface area contributed by atoms with E-state index in [4.69, 9.17) is 9.47 Å². The highest BCUT2D eigenvalue weighted by Crippen LogP contribution is 1.92. The molecule has 1 rings (SSSR count). The molecule has 0 radical (unpaired) electrons. The second-order valence-corrected chi connectivity index (χ2v) is 3.15. The van der Waals surface area contributed by atoms with E-state index in [-0.39, 0.29) is 24.5 Å². The molecule has 5 nitrogen and oxygen atoms in total. The molecule has 1 heterocycles. The lowest BCUT2D eigenvalue weighted by Crippen LogP contribution is -2.96. The summed E-state index contributed by atoms with van der Waals surface area (Å²) in [5, 5.41) is 0. The largest absolute Gasteiger partial charge is 0.462 e. The molecule has 1 saturated heterocycles. The average Bonchev–Trinajstić information content (AvgIpc) is 2.84. The maximum Gasteiger partial charge on any atom is 0.371 e. The molecule has 1 unspecified atom stereocenters. The highest BCUT2D eigenvalue weighted by Gasteiger charge is 2.49. The van der Waals surface area contributed by atoms with Gasteiger partial charge < -0.3 is 14.4 Å². The van der Waals surface area contributed by atoms with Gasteiger partial charge in [0.2, 0.25) is 6.04 Å². The molecule has 0 saturated carbocycles. The van der Waals surface area contributed by atoms with Crippen molar-refractivity contribution in [1.82, 2.24) is 0 Å². The van der Waals surface area contributed by atoms with Gasteiger partial charge in [0.1, 0.15) is 6.54 Å². The lowest BCUT2D eigenvalue weighted by Gasteiger charge is -2.00. The second-order valence-electron chi connectivity index (χ2n) is 3.15. The third kappa shape index (κ3) is 2.99. The van der Waals surface area contributed by atoms with Gasteiger partial charge in [-0.15, -0.1) is 0 Å².